The van der Waals surface area contributed by atoms with Crippen LogP contribution >= 0.6 is 0 Å². The second kappa shape index (κ2) is 8.17. The van der Waals surface area contributed by atoms with Crippen molar-refractivity contribution in [2.45, 2.75) is 38.3 Å². The summed E-state index contributed by atoms with van der Waals surface area (Å²) in [5.41, 5.74) is 0. The number of methoxy groups -OCH3 is 4. The standard InChI is InChI=1S/C10H22O4/c1-8(11-2)6-9(12-3)7-10(13-4)14-5/h8-10H,6-7H2,1-5H3/t8-,9+/m0/s1. The van der Waals surface area contributed by atoms with E-state index in [1.165, 1.54) is 0 Å². The minimum Gasteiger partial charge on any atom is -0.382 e. The molecule has 14 heavy (non-hydrogen) atoms. The van der Waals surface area contributed by atoms with E-state index in [0.29, 0.717) is 0 Å². The number of rotatable bonds is 8. The van der Waals surface area contributed by atoms with Gasteiger partial charge in [-0.1, -0.05) is 0 Å². The van der Waals surface area contributed by atoms with Crippen LogP contribution in [-0.4, -0.2) is 46.9 Å². The van der Waals surface area contributed by atoms with Gasteiger partial charge in [0.25, 0.3) is 0 Å². The van der Waals surface area contributed by atoms with Crippen molar-refractivity contribution in [3.63, 3.8) is 0 Å². The lowest BCUT2D eigenvalue weighted by Crippen LogP contribution is -2.26. The summed E-state index contributed by atoms with van der Waals surface area (Å²) in [6, 6.07) is 0. The molecule has 0 fully saturated rings. The van der Waals surface area contributed by atoms with Crippen LogP contribution < -0.4 is 0 Å². The Balaban J connectivity index is 3.88. The molecule has 86 valence electrons. The minimum atomic E-state index is -0.205. The van der Waals surface area contributed by atoms with Crippen LogP contribution in [-0.2, 0) is 18.9 Å². The molecule has 0 aliphatic carbocycles. The second-order valence-electron chi connectivity index (χ2n) is 3.28. The van der Waals surface area contributed by atoms with E-state index in [9.17, 15) is 0 Å². The van der Waals surface area contributed by atoms with E-state index in [1.54, 1.807) is 28.4 Å². The highest BCUT2D eigenvalue weighted by Gasteiger charge is 2.17. The topological polar surface area (TPSA) is 36.9 Å². The predicted molar refractivity (Wildman–Crippen MR) is 54.3 cm³/mol. The van der Waals surface area contributed by atoms with Gasteiger partial charge in [0.1, 0.15) is 0 Å². The van der Waals surface area contributed by atoms with Gasteiger partial charge in [-0.2, -0.15) is 0 Å². The molecule has 4 nitrogen and oxygen atoms in total. The van der Waals surface area contributed by atoms with Crippen LogP contribution in [0.15, 0.2) is 0 Å². The Morgan fingerprint density at radius 1 is 0.786 bits per heavy atom. The Hall–Kier alpha value is -0.160. The van der Waals surface area contributed by atoms with Gasteiger partial charge in [-0.25, -0.2) is 0 Å². The molecule has 0 unspecified atom stereocenters. The Kier molecular flexibility index (Phi) is 8.08. The highest BCUT2D eigenvalue weighted by molar-refractivity contribution is 4.64. The summed E-state index contributed by atoms with van der Waals surface area (Å²) in [5.74, 6) is 0. The van der Waals surface area contributed by atoms with Crippen molar-refractivity contribution in [1.29, 1.82) is 0 Å². The van der Waals surface area contributed by atoms with Gasteiger partial charge in [0, 0.05) is 34.9 Å². The van der Waals surface area contributed by atoms with Crippen molar-refractivity contribution < 1.29 is 18.9 Å². The summed E-state index contributed by atoms with van der Waals surface area (Å²) in [6.07, 6.45) is 1.65. The fraction of sp³-hybridized carbons (Fsp3) is 1.00. The first-order valence-corrected chi connectivity index (χ1v) is 4.79. The first kappa shape index (κ1) is 13.8. The molecule has 0 aliphatic heterocycles. The summed E-state index contributed by atoms with van der Waals surface area (Å²) in [5, 5.41) is 0. The molecule has 0 heterocycles. The molecule has 0 rings (SSSR count). The van der Waals surface area contributed by atoms with Crippen LogP contribution in [0, 0.1) is 0 Å². The van der Waals surface area contributed by atoms with Crippen LogP contribution in [0.25, 0.3) is 0 Å². The molecule has 0 bridgehead atoms. The zero-order valence-corrected chi connectivity index (χ0v) is 9.78. The first-order chi connectivity index (χ1) is 6.67. The molecule has 0 saturated heterocycles. The molecule has 0 amide bonds. The van der Waals surface area contributed by atoms with Crippen LogP contribution in [0.5, 0.6) is 0 Å². The molecule has 0 aliphatic rings. The molecular weight excluding hydrogens is 184 g/mol. The van der Waals surface area contributed by atoms with E-state index < -0.39 is 0 Å². The van der Waals surface area contributed by atoms with Crippen molar-refractivity contribution in [3.8, 4) is 0 Å². The number of hydrogen-bond donors (Lipinski definition) is 0. The zero-order chi connectivity index (χ0) is 11.0. The maximum absolute atomic E-state index is 5.32. The van der Waals surface area contributed by atoms with E-state index in [4.69, 9.17) is 18.9 Å². The van der Waals surface area contributed by atoms with Crippen molar-refractivity contribution in [1.82, 2.24) is 0 Å². The fourth-order valence-corrected chi connectivity index (χ4v) is 1.26. The molecule has 0 radical (unpaired) electrons. The van der Waals surface area contributed by atoms with E-state index >= 15 is 0 Å². The summed E-state index contributed by atoms with van der Waals surface area (Å²) in [7, 11) is 6.64. The normalized spacial score (nSPS) is 15.9. The summed E-state index contributed by atoms with van der Waals surface area (Å²) < 4.78 is 20.7. The average Bonchev–Trinajstić information content (AvgIpc) is 2.23. The maximum Gasteiger partial charge on any atom is 0.159 e. The molecule has 4 heteroatoms. The molecule has 0 spiro atoms. The first-order valence-electron chi connectivity index (χ1n) is 4.79. The highest BCUT2D eigenvalue weighted by atomic mass is 16.7. The molecule has 0 aromatic carbocycles. The quantitative estimate of drug-likeness (QED) is 0.563. The third kappa shape index (κ3) is 5.54. The predicted octanol–water partition coefficient (Wildman–Crippen LogP) is 1.44. The molecular formula is C10H22O4. The smallest absolute Gasteiger partial charge is 0.159 e. The van der Waals surface area contributed by atoms with Gasteiger partial charge in [-0.15, -0.1) is 0 Å². The van der Waals surface area contributed by atoms with Gasteiger partial charge < -0.3 is 18.9 Å². The largest absolute Gasteiger partial charge is 0.382 e. The molecule has 0 aromatic rings. The van der Waals surface area contributed by atoms with Gasteiger partial charge in [-0.05, 0) is 13.3 Å². The Morgan fingerprint density at radius 3 is 1.71 bits per heavy atom. The Bertz CT molecular complexity index is 125. The van der Waals surface area contributed by atoms with Crippen molar-refractivity contribution in [2.75, 3.05) is 28.4 Å². The molecule has 0 aromatic heterocycles. The van der Waals surface area contributed by atoms with E-state index in [1.807, 2.05) is 6.92 Å². The fourth-order valence-electron chi connectivity index (χ4n) is 1.26. The van der Waals surface area contributed by atoms with Gasteiger partial charge in [0.15, 0.2) is 6.29 Å². The van der Waals surface area contributed by atoms with E-state index in [-0.39, 0.29) is 18.5 Å². The second-order valence-corrected chi connectivity index (χ2v) is 3.28. The third-order valence-corrected chi connectivity index (χ3v) is 2.31. The van der Waals surface area contributed by atoms with Gasteiger partial charge in [0.2, 0.25) is 0 Å². The van der Waals surface area contributed by atoms with E-state index in [2.05, 4.69) is 0 Å². The average molecular weight is 206 g/mol. The molecule has 0 N–H and O–H groups in total. The summed E-state index contributed by atoms with van der Waals surface area (Å²) in [6.45, 7) is 2.01. The summed E-state index contributed by atoms with van der Waals surface area (Å²) in [4.78, 5) is 0. The van der Waals surface area contributed by atoms with Crippen molar-refractivity contribution in [2.24, 2.45) is 0 Å². The monoisotopic (exact) mass is 206 g/mol. The SMILES string of the molecule is COC(C[C@@H](C[C@H](C)OC)OC)OC. The zero-order valence-electron chi connectivity index (χ0n) is 9.78. The lowest BCUT2D eigenvalue weighted by Gasteiger charge is -2.22. The lowest BCUT2D eigenvalue weighted by molar-refractivity contribution is -0.130. The number of hydrogen-bond acceptors (Lipinski definition) is 4. The van der Waals surface area contributed by atoms with E-state index in [0.717, 1.165) is 12.8 Å². The minimum absolute atomic E-state index is 0.106. The van der Waals surface area contributed by atoms with Crippen LogP contribution in [0.2, 0.25) is 0 Å². The maximum atomic E-state index is 5.32. The van der Waals surface area contributed by atoms with Crippen LogP contribution in [0.1, 0.15) is 19.8 Å². The Morgan fingerprint density at radius 2 is 1.36 bits per heavy atom. The molecule has 2 atom stereocenters. The van der Waals surface area contributed by atoms with Crippen LogP contribution in [0.4, 0.5) is 0 Å². The van der Waals surface area contributed by atoms with Gasteiger partial charge in [0.05, 0.1) is 12.2 Å². The number of ether oxygens (including phenoxy) is 4. The van der Waals surface area contributed by atoms with Gasteiger partial charge >= 0.3 is 0 Å². The van der Waals surface area contributed by atoms with Gasteiger partial charge in [-0.3, -0.25) is 0 Å². The van der Waals surface area contributed by atoms with Crippen molar-refractivity contribution in [3.05, 3.63) is 0 Å². The Labute approximate surface area is 86.5 Å². The summed E-state index contributed by atoms with van der Waals surface area (Å²) >= 11 is 0. The van der Waals surface area contributed by atoms with Crippen LogP contribution in [0.3, 0.4) is 0 Å². The lowest BCUT2D eigenvalue weighted by atomic mass is 10.1. The van der Waals surface area contributed by atoms with Crippen molar-refractivity contribution >= 4 is 0 Å². The third-order valence-electron chi connectivity index (χ3n) is 2.31. The highest BCUT2D eigenvalue weighted by Crippen LogP contribution is 2.12. The molecule has 0 saturated carbocycles.